The first kappa shape index (κ1) is 19.7. The maximum atomic E-state index is 12.7. The number of amides is 1. The molecule has 0 radical (unpaired) electrons. The van der Waals surface area contributed by atoms with E-state index in [-0.39, 0.29) is 18.2 Å². The molecule has 142 valence electrons. The first-order valence-corrected chi connectivity index (χ1v) is 9.96. The predicted octanol–water partition coefficient (Wildman–Crippen LogP) is 4.49. The number of aromatic nitrogens is 2. The van der Waals surface area contributed by atoms with E-state index >= 15 is 0 Å². The number of hydrogen-bond acceptors (Lipinski definition) is 4. The average Bonchev–Trinajstić information content (AvgIpc) is 3.08. The highest BCUT2D eigenvalue weighted by Crippen LogP contribution is 2.35. The Morgan fingerprint density at radius 3 is 2.85 bits per heavy atom. The standard InChI is InChI=1S/C18H23ClIN3O3/c1-18(2,3)26-17(24)23-8-11(7-12(23)10-25-4)22-9-13(20)15-14(22)5-6-21-16(15)19/h5-6,9,11-12H,7-8,10H2,1-4H3/t11-,12+/m0/s1. The van der Waals surface area contributed by atoms with Crippen LogP contribution in [-0.4, -0.2) is 52.4 Å². The molecule has 1 amide bonds. The number of hydrogen-bond donors (Lipinski definition) is 0. The summed E-state index contributed by atoms with van der Waals surface area (Å²) < 4.78 is 14.2. The van der Waals surface area contributed by atoms with Gasteiger partial charge in [-0.2, -0.15) is 0 Å². The number of halogens is 2. The molecule has 6 nitrogen and oxygen atoms in total. The molecule has 0 N–H and O–H groups in total. The number of methoxy groups -OCH3 is 1. The van der Waals surface area contributed by atoms with Crippen LogP contribution < -0.4 is 0 Å². The van der Waals surface area contributed by atoms with Crippen molar-refractivity contribution in [3.63, 3.8) is 0 Å². The highest BCUT2D eigenvalue weighted by Gasteiger charge is 2.38. The van der Waals surface area contributed by atoms with Crippen molar-refractivity contribution in [3.05, 3.63) is 27.2 Å². The molecule has 0 spiro atoms. The van der Waals surface area contributed by atoms with Gasteiger partial charge in [0.05, 0.1) is 29.6 Å². The molecule has 3 heterocycles. The van der Waals surface area contributed by atoms with Gasteiger partial charge in [0.25, 0.3) is 0 Å². The molecule has 3 rings (SSSR count). The van der Waals surface area contributed by atoms with Crippen LogP contribution in [0.3, 0.4) is 0 Å². The van der Waals surface area contributed by atoms with Crippen molar-refractivity contribution in [2.45, 2.75) is 44.9 Å². The lowest BCUT2D eigenvalue weighted by atomic mass is 10.1. The quantitative estimate of drug-likeness (QED) is 0.469. The zero-order valence-electron chi connectivity index (χ0n) is 15.3. The van der Waals surface area contributed by atoms with Gasteiger partial charge >= 0.3 is 6.09 Å². The first-order chi connectivity index (χ1) is 12.2. The molecule has 1 saturated heterocycles. The van der Waals surface area contributed by atoms with E-state index in [4.69, 9.17) is 21.1 Å². The molecule has 1 aliphatic rings. The van der Waals surface area contributed by atoms with E-state index in [1.54, 1.807) is 18.2 Å². The lowest BCUT2D eigenvalue weighted by Gasteiger charge is -2.28. The largest absolute Gasteiger partial charge is 0.444 e. The van der Waals surface area contributed by atoms with Gasteiger partial charge < -0.3 is 18.9 Å². The molecule has 0 unspecified atom stereocenters. The molecule has 1 fully saturated rings. The van der Waals surface area contributed by atoms with E-state index < -0.39 is 5.60 Å². The van der Waals surface area contributed by atoms with Gasteiger partial charge in [-0.1, -0.05) is 11.6 Å². The molecular formula is C18H23ClIN3O3. The van der Waals surface area contributed by atoms with Crippen LogP contribution in [-0.2, 0) is 9.47 Å². The molecule has 2 atom stereocenters. The molecule has 2 aromatic heterocycles. The fraction of sp³-hybridized carbons (Fsp3) is 0.556. The van der Waals surface area contributed by atoms with Crippen LogP contribution in [0.4, 0.5) is 4.79 Å². The summed E-state index contributed by atoms with van der Waals surface area (Å²) in [5.41, 5.74) is 0.503. The zero-order chi connectivity index (χ0) is 19.1. The third kappa shape index (κ3) is 3.94. The number of rotatable bonds is 3. The molecule has 0 aromatic carbocycles. The average molecular weight is 492 g/mol. The van der Waals surface area contributed by atoms with Gasteiger partial charge in [-0.05, 0) is 55.8 Å². The smallest absolute Gasteiger partial charge is 0.410 e. The second kappa shape index (κ2) is 7.52. The third-order valence-corrected chi connectivity index (χ3v) is 5.53. The summed E-state index contributed by atoms with van der Waals surface area (Å²) in [5.74, 6) is 0. The van der Waals surface area contributed by atoms with Gasteiger partial charge in [-0.25, -0.2) is 9.78 Å². The van der Waals surface area contributed by atoms with Gasteiger partial charge in [-0.15, -0.1) is 0 Å². The van der Waals surface area contributed by atoms with Crippen LogP contribution in [0.2, 0.25) is 5.15 Å². The lowest BCUT2D eigenvalue weighted by Crippen LogP contribution is -2.41. The van der Waals surface area contributed by atoms with E-state index in [0.29, 0.717) is 18.3 Å². The van der Waals surface area contributed by atoms with E-state index in [1.807, 2.05) is 26.8 Å². The van der Waals surface area contributed by atoms with Crippen LogP contribution in [0.15, 0.2) is 18.5 Å². The number of nitrogens with zero attached hydrogens (tertiary/aromatic N) is 3. The topological polar surface area (TPSA) is 56.6 Å². The normalized spacial score (nSPS) is 20.8. The molecular weight excluding hydrogens is 469 g/mol. The van der Waals surface area contributed by atoms with Crippen molar-refractivity contribution in [1.29, 1.82) is 0 Å². The van der Waals surface area contributed by atoms with Crippen LogP contribution >= 0.6 is 34.2 Å². The summed E-state index contributed by atoms with van der Waals surface area (Å²) in [6.07, 6.45) is 4.29. The van der Waals surface area contributed by atoms with E-state index in [1.165, 1.54) is 0 Å². The molecule has 2 aromatic rings. The molecule has 0 saturated carbocycles. The second-order valence-corrected chi connectivity index (χ2v) is 9.03. The molecule has 1 aliphatic heterocycles. The Morgan fingerprint density at radius 2 is 2.19 bits per heavy atom. The minimum Gasteiger partial charge on any atom is -0.444 e. The summed E-state index contributed by atoms with van der Waals surface area (Å²) in [4.78, 5) is 18.6. The first-order valence-electron chi connectivity index (χ1n) is 8.50. The second-order valence-electron chi connectivity index (χ2n) is 7.51. The van der Waals surface area contributed by atoms with Gasteiger partial charge in [0.1, 0.15) is 10.8 Å². The summed E-state index contributed by atoms with van der Waals surface area (Å²) in [6.45, 7) is 6.68. The van der Waals surface area contributed by atoms with Gasteiger partial charge in [0, 0.05) is 29.6 Å². The van der Waals surface area contributed by atoms with Crippen molar-refractivity contribution >= 4 is 51.2 Å². The van der Waals surface area contributed by atoms with Crippen molar-refractivity contribution < 1.29 is 14.3 Å². The Morgan fingerprint density at radius 1 is 1.46 bits per heavy atom. The number of fused-ring (bicyclic) bond motifs is 1. The van der Waals surface area contributed by atoms with Gasteiger partial charge in [-0.3, -0.25) is 0 Å². The minimum atomic E-state index is -0.526. The predicted molar refractivity (Wildman–Crippen MR) is 110 cm³/mol. The Labute approximate surface area is 171 Å². The molecule has 26 heavy (non-hydrogen) atoms. The number of likely N-dealkylation sites (tertiary alicyclic amines) is 1. The number of carbonyl (C=O) groups excluding carboxylic acids is 1. The Balaban J connectivity index is 1.91. The van der Waals surface area contributed by atoms with Gasteiger partial charge in [0.2, 0.25) is 0 Å². The van der Waals surface area contributed by atoms with Crippen molar-refractivity contribution in [2.24, 2.45) is 0 Å². The lowest BCUT2D eigenvalue weighted by molar-refractivity contribution is 0.0146. The maximum Gasteiger partial charge on any atom is 0.410 e. The highest BCUT2D eigenvalue weighted by molar-refractivity contribution is 14.1. The summed E-state index contributed by atoms with van der Waals surface area (Å²) in [6, 6.07) is 2.07. The Bertz CT molecular complexity index is 818. The minimum absolute atomic E-state index is 0.0210. The summed E-state index contributed by atoms with van der Waals surface area (Å²) >= 11 is 8.55. The fourth-order valence-corrected chi connectivity index (χ4v) is 4.66. The van der Waals surface area contributed by atoms with Crippen molar-refractivity contribution in [1.82, 2.24) is 14.5 Å². The molecule has 0 bridgehead atoms. The van der Waals surface area contributed by atoms with E-state index in [0.717, 1.165) is 20.9 Å². The summed E-state index contributed by atoms with van der Waals surface area (Å²) in [7, 11) is 1.65. The van der Waals surface area contributed by atoms with Crippen LogP contribution in [0, 0.1) is 3.57 Å². The van der Waals surface area contributed by atoms with Crippen LogP contribution in [0.25, 0.3) is 10.9 Å². The van der Waals surface area contributed by atoms with Crippen molar-refractivity contribution in [3.8, 4) is 0 Å². The van der Waals surface area contributed by atoms with E-state index in [2.05, 4.69) is 38.3 Å². The third-order valence-electron chi connectivity index (χ3n) is 4.42. The monoisotopic (exact) mass is 491 g/mol. The van der Waals surface area contributed by atoms with Crippen LogP contribution in [0.1, 0.15) is 33.2 Å². The van der Waals surface area contributed by atoms with Crippen LogP contribution in [0.5, 0.6) is 0 Å². The zero-order valence-corrected chi connectivity index (χ0v) is 18.2. The Hall–Kier alpha value is -1.06. The van der Waals surface area contributed by atoms with E-state index in [9.17, 15) is 4.79 Å². The molecule has 0 aliphatic carbocycles. The maximum absolute atomic E-state index is 12.7. The number of ether oxygens (including phenoxy) is 2. The Kier molecular flexibility index (Phi) is 5.69. The number of carbonyl (C=O) groups is 1. The highest BCUT2D eigenvalue weighted by atomic mass is 127. The SMILES string of the molecule is COC[C@H]1C[C@H](n2cc(I)c3c(Cl)nccc32)CN1C(=O)OC(C)(C)C. The van der Waals surface area contributed by atoms with Crippen molar-refractivity contribution in [2.75, 3.05) is 20.3 Å². The number of pyridine rings is 1. The summed E-state index contributed by atoms with van der Waals surface area (Å²) in [5, 5.41) is 1.45. The van der Waals surface area contributed by atoms with Gasteiger partial charge in [0.15, 0.2) is 0 Å². The fourth-order valence-electron chi connectivity index (χ4n) is 3.41. The molecule has 8 heteroatoms.